The molecule has 2 aromatic rings. The summed E-state index contributed by atoms with van der Waals surface area (Å²) in [6.45, 7) is 3.95. The molecular formula is C15H16F3N3. The van der Waals surface area contributed by atoms with Crippen molar-refractivity contribution in [2.75, 3.05) is 5.32 Å². The molecule has 2 heterocycles. The number of nitrogens with zero attached hydrogens (tertiary/aromatic N) is 2. The molecule has 1 N–H and O–H groups in total. The average Bonchev–Trinajstić information content (AvgIpc) is 2.87. The SMILES string of the molecule is Cc1ccc([C@@H]2C[C@@H](C(F)(F)F)n3nccc3N2)cc1C. The highest BCUT2D eigenvalue weighted by Crippen LogP contribution is 2.43. The molecule has 2 atom stereocenters. The second-order valence-electron chi connectivity index (χ2n) is 5.49. The Morgan fingerprint density at radius 2 is 1.95 bits per heavy atom. The van der Waals surface area contributed by atoms with Crippen LogP contribution in [0.2, 0.25) is 0 Å². The number of rotatable bonds is 1. The third-order valence-corrected chi connectivity index (χ3v) is 4.06. The third-order valence-electron chi connectivity index (χ3n) is 4.06. The molecule has 0 saturated carbocycles. The average molecular weight is 295 g/mol. The van der Waals surface area contributed by atoms with Crippen LogP contribution < -0.4 is 5.32 Å². The molecule has 3 nitrogen and oxygen atoms in total. The summed E-state index contributed by atoms with van der Waals surface area (Å²) in [5.74, 6) is 0.409. The lowest BCUT2D eigenvalue weighted by atomic mass is 9.94. The standard InChI is InChI=1S/C15H16F3N3/c1-9-3-4-11(7-10(9)2)12-8-13(15(16,17)18)21-14(20-12)5-6-19-21/h3-7,12-13,20H,8H2,1-2H3/t12-,13-/m0/s1. The molecule has 112 valence electrons. The summed E-state index contributed by atoms with van der Waals surface area (Å²) in [6.07, 6.45) is -2.97. The smallest absolute Gasteiger partial charge is 0.363 e. The van der Waals surface area contributed by atoms with Crippen molar-refractivity contribution in [2.24, 2.45) is 0 Å². The number of alkyl halides is 3. The maximum absolute atomic E-state index is 13.2. The first-order valence-corrected chi connectivity index (χ1v) is 6.80. The van der Waals surface area contributed by atoms with Crippen molar-refractivity contribution in [3.8, 4) is 0 Å². The normalized spacial score (nSPS) is 21.8. The third kappa shape index (κ3) is 2.50. The lowest BCUT2D eigenvalue weighted by Crippen LogP contribution is -2.35. The van der Waals surface area contributed by atoms with Crippen LogP contribution in [0.15, 0.2) is 30.5 Å². The Labute approximate surface area is 120 Å². The summed E-state index contributed by atoms with van der Waals surface area (Å²) in [5.41, 5.74) is 3.09. The van der Waals surface area contributed by atoms with Gasteiger partial charge in [0.05, 0.1) is 12.2 Å². The number of hydrogen-bond donors (Lipinski definition) is 1. The Bertz CT molecular complexity index is 660. The highest BCUT2D eigenvalue weighted by molar-refractivity contribution is 5.43. The molecule has 1 aromatic carbocycles. The van der Waals surface area contributed by atoms with E-state index in [2.05, 4.69) is 10.4 Å². The van der Waals surface area contributed by atoms with E-state index in [-0.39, 0.29) is 12.5 Å². The topological polar surface area (TPSA) is 29.9 Å². The zero-order valence-electron chi connectivity index (χ0n) is 11.8. The summed E-state index contributed by atoms with van der Waals surface area (Å²) in [6, 6.07) is 5.41. The zero-order valence-corrected chi connectivity index (χ0v) is 11.8. The molecule has 6 heteroatoms. The molecule has 0 aliphatic carbocycles. The van der Waals surface area contributed by atoms with E-state index in [1.165, 1.54) is 6.20 Å². The van der Waals surface area contributed by atoms with Crippen molar-refractivity contribution >= 4 is 5.82 Å². The lowest BCUT2D eigenvalue weighted by Gasteiger charge is -2.33. The first-order chi connectivity index (χ1) is 9.86. The first-order valence-electron chi connectivity index (χ1n) is 6.80. The van der Waals surface area contributed by atoms with Gasteiger partial charge in [-0.2, -0.15) is 18.3 Å². The molecule has 21 heavy (non-hydrogen) atoms. The number of hydrogen-bond acceptors (Lipinski definition) is 2. The van der Waals surface area contributed by atoms with Crippen LogP contribution in [0.3, 0.4) is 0 Å². The Morgan fingerprint density at radius 1 is 1.19 bits per heavy atom. The van der Waals surface area contributed by atoms with Crippen LogP contribution in [-0.2, 0) is 0 Å². The summed E-state index contributed by atoms with van der Waals surface area (Å²) in [4.78, 5) is 0. The molecule has 0 bridgehead atoms. The van der Waals surface area contributed by atoms with Gasteiger partial charge in [0, 0.05) is 12.5 Å². The van der Waals surface area contributed by atoms with Crippen molar-refractivity contribution in [1.82, 2.24) is 9.78 Å². The van der Waals surface area contributed by atoms with Crippen LogP contribution >= 0.6 is 0 Å². The van der Waals surface area contributed by atoms with E-state index in [1.807, 2.05) is 32.0 Å². The van der Waals surface area contributed by atoms with Crippen LogP contribution in [0, 0.1) is 13.8 Å². The number of aryl methyl sites for hydroxylation is 2. The summed E-state index contributed by atoms with van der Waals surface area (Å²) in [7, 11) is 0. The van der Waals surface area contributed by atoms with Gasteiger partial charge in [-0.3, -0.25) is 0 Å². The summed E-state index contributed by atoms with van der Waals surface area (Å²) >= 11 is 0. The largest absolute Gasteiger partial charge is 0.410 e. The van der Waals surface area contributed by atoms with E-state index < -0.39 is 12.2 Å². The fourth-order valence-corrected chi connectivity index (χ4v) is 2.71. The molecule has 3 rings (SSSR count). The van der Waals surface area contributed by atoms with Crippen LogP contribution in [0.1, 0.15) is 35.2 Å². The van der Waals surface area contributed by atoms with Crippen molar-refractivity contribution < 1.29 is 13.2 Å². The van der Waals surface area contributed by atoms with Gasteiger partial charge in [-0.1, -0.05) is 18.2 Å². The Kier molecular flexibility index (Phi) is 3.19. The molecule has 0 amide bonds. The van der Waals surface area contributed by atoms with Crippen LogP contribution in [0.25, 0.3) is 0 Å². The van der Waals surface area contributed by atoms with Gasteiger partial charge in [0.15, 0.2) is 6.04 Å². The molecule has 0 spiro atoms. The number of benzene rings is 1. The summed E-state index contributed by atoms with van der Waals surface area (Å²) < 4.78 is 40.7. The Balaban J connectivity index is 1.98. The highest BCUT2D eigenvalue weighted by Gasteiger charge is 2.46. The van der Waals surface area contributed by atoms with Crippen molar-refractivity contribution in [3.63, 3.8) is 0 Å². The Morgan fingerprint density at radius 3 is 2.62 bits per heavy atom. The molecule has 0 saturated heterocycles. The van der Waals surface area contributed by atoms with Crippen molar-refractivity contribution in [1.29, 1.82) is 0 Å². The molecule has 1 aliphatic rings. The lowest BCUT2D eigenvalue weighted by molar-refractivity contribution is -0.173. The Hall–Kier alpha value is -1.98. The van der Waals surface area contributed by atoms with Gasteiger partial charge in [-0.15, -0.1) is 0 Å². The van der Waals surface area contributed by atoms with E-state index in [0.717, 1.165) is 21.4 Å². The minimum atomic E-state index is -4.30. The van der Waals surface area contributed by atoms with Gasteiger partial charge in [0.1, 0.15) is 5.82 Å². The van der Waals surface area contributed by atoms with Crippen LogP contribution in [-0.4, -0.2) is 16.0 Å². The van der Waals surface area contributed by atoms with Gasteiger partial charge in [-0.05, 0) is 30.5 Å². The molecule has 0 fully saturated rings. The van der Waals surface area contributed by atoms with E-state index in [0.29, 0.717) is 5.82 Å². The molecule has 0 unspecified atom stereocenters. The number of aromatic nitrogens is 2. The molecular weight excluding hydrogens is 279 g/mol. The van der Waals surface area contributed by atoms with Gasteiger partial charge < -0.3 is 5.32 Å². The second-order valence-corrected chi connectivity index (χ2v) is 5.49. The van der Waals surface area contributed by atoms with Gasteiger partial charge in [0.25, 0.3) is 0 Å². The minimum Gasteiger partial charge on any atom is -0.363 e. The minimum absolute atomic E-state index is 0.0549. The van der Waals surface area contributed by atoms with Crippen molar-refractivity contribution in [2.45, 2.75) is 38.5 Å². The highest BCUT2D eigenvalue weighted by atomic mass is 19.4. The first kappa shape index (κ1) is 14.0. The molecule has 1 aromatic heterocycles. The fraction of sp³-hybridized carbons (Fsp3) is 0.400. The molecule has 0 radical (unpaired) electrons. The maximum Gasteiger partial charge on any atom is 0.410 e. The number of halogens is 3. The maximum atomic E-state index is 13.2. The number of anilines is 1. The zero-order chi connectivity index (χ0) is 15.2. The van der Waals surface area contributed by atoms with Gasteiger partial charge in [0.2, 0.25) is 0 Å². The van der Waals surface area contributed by atoms with Gasteiger partial charge in [-0.25, -0.2) is 4.68 Å². The second kappa shape index (κ2) is 4.79. The quantitative estimate of drug-likeness (QED) is 0.856. The number of nitrogens with one attached hydrogen (secondary N) is 1. The predicted octanol–water partition coefficient (Wildman–Crippen LogP) is 4.16. The summed E-state index contributed by atoms with van der Waals surface area (Å²) in [5, 5.41) is 6.94. The van der Waals surface area contributed by atoms with E-state index in [4.69, 9.17) is 0 Å². The van der Waals surface area contributed by atoms with E-state index >= 15 is 0 Å². The molecule has 1 aliphatic heterocycles. The van der Waals surface area contributed by atoms with Crippen LogP contribution in [0.5, 0.6) is 0 Å². The van der Waals surface area contributed by atoms with Crippen molar-refractivity contribution in [3.05, 3.63) is 47.2 Å². The van der Waals surface area contributed by atoms with E-state index in [1.54, 1.807) is 6.07 Å². The predicted molar refractivity (Wildman–Crippen MR) is 74.2 cm³/mol. The number of fused-ring (bicyclic) bond motifs is 1. The van der Waals surface area contributed by atoms with E-state index in [9.17, 15) is 13.2 Å². The van der Waals surface area contributed by atoms with Gasteiger partial charge >= 0.3 is 6.18 Å². The monoisotopic (exact) mass is 295 g/mol. The fourth-order valence-electron chi connectivity index (χ4n) is 2.71. The van der Waals surface area contributed by atoms with Crippen LogP contribution in [0.4, 0.5) is 19.0 Å².